The largest absolute Gasteiger partial charge is 0.497 e. The fraction of sp³-hybridized carbons (Fsp3) is 0.0952. The van der Waals surface area contributed by atoms with Gasteiger partial charge in [-0.1, -0.05) is 18.2 Å². The third kappa shape index (κ3) is 4.99. The third-order valence-corrected chi connectivity index (χ3v) is 3.81. The van der Waals surface area contributed by atoms with E-state index in [0.717, 1.165) is 0 Å². The predicted molar refractivity (Wildman–Crippen MR) is 105 cm³/mol. The van der Waals surface area contributed by atoms with E-state index in [-0.39, 0.29) is 12.6 Å². The Morgan fingerprint density at radius 3 is 2.22 bits per heavy atom. The van der Waals surface area contributed by atoms with Crippen molar-refractivity contribution in [3.05, 3.63) is 78.4 Å². The Balaban J connectivity index is 1.66. The number of rotatable bonds is 6. The summed E-state index contributed by atoms with van der Waals surface area (Å²) in [5, 5.41) is 15.1. The average molecular weight is 364 g/mol. The van der Waals surface area contributed by atoms with E-state index in [9.17, 15) is 9.90 Å². The van der Waals surface area contributed by atoms with Gasteiger partial charge in [0.05, 0.1) is 13.7 Å². The molecule has 0 saturated heterocycles. The fourth-order valence-corrected chi connectivity index (χ4v) is 2.46. The number of methoxy groups -OCH3 is 1. The summed E-state index contributed by atoms with van der Waals surface area (Å²) in [6.45, 7) is -0.211. The monoisotopic (exact) mass is 364 g/mol. The van der Waals surface area contributed by atoms with Crippen molar-refractivity contribution >= 4 is 17.4 Å². The Morgan fingerprint density at radius 2 is 1.56 bits per heavy atom. The molecule has 27 heavy (non-hydrogen) atoms. The average Bonchev–Trinajstić information content (AvgIpc) is 2.70. The van der Waals surface area contributed by atoms with Gasteiger partial charge in [-0.2, -0.15) is 0 Å². The number of hydrogen-bond acceptors (Lipinski definition) is 4. The fourth-order valence-electron chi connectivity index (χ4n) is 2.46. The summed E-state index contributed by atoms with van der Waals surface area (Å²) < 4.78 is 10.9. The molecule has 3 N–H and O–H groups in total. The molecule has 0 unspecified atom stereocenters. The first-order chi connectivity index (χ1) is 13.2. The summed E-state index contributed by atoms with van der Waals surface area (Å²) in [4.78, 5) is 12.2. The van der Waals surface area contributed by atoms with E-state index < -0.39 is 0 Å². The van der Waals surface area contributed by atoms with E-state index in [1.807, 2.05) is 30.3 Å². The molecule has 0 bridgehead atoms. The lowest BCUT2D eigenvalue weighted by Crippen LogP contribution is -2.19. The molecular weight excluding hydrogens is 344 g/mol. The highest BCUT2D eigenvalue weighted by molar-refractivity contribution is 5.99. The molecule has 0 saturated carbocycles. The molecule has 3 aromatic carbocycles. The number of hydrogen-bond donors (Lipinski definition) is 3. The number of urea groups is 1. The molecule has 0 aliphatic heterocycles. The molecular formula is C21H20N2O4. The highest BCUT2D eigenvalue weighted by atomic mass is 16.5. The number of anilines is 2. The smallest absolute Gasteiger partial charge is 0.323 e. The third-order valence-electron chi connectivity index (χ3n) is 3.81. The van der Waals surface area contributed by atoms with Gasteiger partial charge in [-0.15, -0.1) is 0 Å². The maximum atomic E-state index is 12.2. The number of aliphatic hydroxyl groups excluding tert-OH is 1. The molecule has 3 aromatic rings. The molecule has 6 heteroatoms. The van der Waals surface area contributed by atoms with Gasteiger partial charge in [-0.25, -0.2) is 4.79 Å². The van der Waals surface area contributed by atoms with Crippen molar-refractivity contribution in [3.8, 4) is 17.2 Å². The zero-order valence-electron chi connectivity index (χ0n) is 14.8. The van der Waals surface area contributed by atoms with Crippen LogP contribution in [0.25, 0.3) is 0 Å². The van der Waals surface area contributed by atoms with E-state index in [4.69, 9.17) is 9.47 Å². The van der Waals surface area contributed by atoms with Crippen molar-refractivity contribution in [2.45, 2.75) is 6.61 Å². The molecule has 2 amide bonds. The summed E-state index contributed by atoms with van der Waals surface area (Å²) in [5.41, 5.74) is 1.76. The molecule has 0 aliphatic rings. The van der Waals surface area contributed by atoms with E-state index in [0.29, 0.717) is 34.2 Å². The van der Waals surface area contributed by atoms with Crippen LogP contribution in [0, 0.1) is 0 Å². The van der Waals surface area contributed by atoms with Crippen molar-refractivity contribution in [1.29, 1.82) is 0 Å². The van der Waals surface area contributed by atoms with E-state index in [2.05, 4.69) is 10.6 Å². The van der Waals surface area contributed by atoms with Crippen molar-refractivity contribution in [2.24, 2.45) is 0 Å². The molecule has 0 atom stereocenters. The van der Waals surface area contributed by atoms with E-state index >= 15 is 0 Å². The van der Waals surface area contributed by atoms with Gasteiger partial charge >= 0.3 is 6.03 Å². The van der Waals surface area contributed by atoms with Crippen LogP contribution >= 0.6 is 0 Å². The van der Waals surface area contributed by atoms with Crippen LogP contribution in [-0.2, 0) is 6.61 Å². The second-order valence-electron chi connectivity index (χ2n) is 5.70. The van der Waals surface area contributed by atoms with Crippen molar-refractivity contribution in [1.82, 2.24) is 0 Å². The minimum Gasteiger partial charge on any atom is -0.497 e. The minimum atomic E-state index is -0.388. The van der Waals surface area contributed by atoms with Gasteiger partial charge in [0.1, 0.15) is 17.2 Å². The maximum absolute atomic E-state index is 12.2. The minimum absolute atomic E-state index is 0.211. The number of amides is 2. The normalized spacial score (nSPS) is 10.1. The van der Waals surface area contributed by atoms with Crippen LogP contribution < -0.4 is 20.1 Å². The molecule has 0 radical (unpaired) electrons. The number of benzene rings is 3. The Kier molecular flexibility index (Phi) is 5.91. The highest BCUT2D eigenvalue weighted by Gasteiger charge is 2.08. The summed E-state index contributed by atoms with van der Waals surface area (Å²) in [6, 6.07) is 21.0. The van der Waals surface area contributed by atoms with Gasteiger partial charge in [0.15, 0.2) is 0 Å². The van der Waals surface area contributed by atoms with Gasteiger partial charge in [-0.05, 0) is 54.6 Å². The number of carbonyl (C=O) groups is 1. The zero-order valence-corrected chi connectivity index (χ0v) is 14.8. The summed E-state index contributed by atoms with van der Waals surface area (Å²) >= 11 is 0. The van der Waals surface area contributed by atoms with Crippen LogP contribution in [0.2, 0.25) is 0 Å². The van der Waals surface area contributed by atoms with Crippen molar-refractivity contribution in [3.63, 3.8) is 0 Å². The Morgan fingerprint density at radius 1 is 0.889 bits per heavy atom. The van der Waals surface area contributed by atoms with Gasteiger partial charge in [0.25, 0.3) is 0 Å². The first-order valence-electron chi connectivity index (χ1n) is 8.36. The quantitative estimate of drug-likeness (QED) is 0.596. The number of carbonyl (C=O) groups excluding carboxylic acids is 1. The number of para-hydroxylation sites is 1. The maximum Gasteiger partial charge on any atom is 0.323 e. The second-order valence-corrected chi connectivity index (χ2v) is 5.70. The molecule has 0 aromatic heterocycles. The SMILES string of the molecule is COc1ccc(NC(=O)Nc2ccc(Oc3ccccc3)c(CO)c2)cc1. The van der Waals surface area contributed by atoms with Gasteiger partial charge < -0.3 is 25.2 Å². The van der Waals surface area contributed by atoms with E-state index in [1.165, 1.54) is 0 Å². The summed E-state index contributed by atoms with van der Waals surface area (Å²) in [5.74, 6) is 1.91. The van der Waals surface area contributed by atoms with Crippen LogP contribution in [0.3, 0.4) is 0 Å². The molecule has 3 rings (SSSR count). The zero-order chi connectivity index (χ0) is 19.1. The Bertz CT molecular complexity index is 896. The molecule has 0 spiro atoms. The molecule has 6 nitrogen and oxygen atoms in total. The van der Waals surface area contributed by atoms with Gasteiger partial charge in [0.2, 0.25) is 0 Å². The number of nitrogens with one attached hydrogen (secondary N) is 2. The van der Waals surface area contributed by atoms with Gasteiger partial charge in [-0.3, -0.25) is 0 Å². The summed E-state index contributed by atoms with van der Waals surface area (Å²) in [6.07, 6.45) is 0. The first kappa shape index (κ1) is 18.3. The second kappa shape index (κ2) is 8.73. The Labute approximate surface area is 157 Å². The van der Waals surface area contributed by atoms with Crippen LogP contribution in [0.1, 0.15) is 5.56 Å². The van der Waals surface area contributed by atoms with Crippen LogP contribution in [0.5, 0.6) is 17.2 Å². The molecule has 0 aliphatic carbocycles. The number of aliphatic hydroxyl groups is 1. The molecule has 138 valence electrons. The van der Waals surface area contributed by atoms with Gasteiger partial charge in [0, 0.05) is 16.9 Å². The van der Waals surface area contributed by atoms with Crippen molar-refractivity contribution in [2.75, 3.05) is 17.7 Å². The van der Waals surface area contributed by atoms with E-state index in [1.54, 1.807) is 49.6 Å². The topological polar surface area (TPSA) is 79.8 Å². The Hall–Kier alpha value is -3.51. The van der Waals surface area contributed by atoms with Crippen LogP contribution in [0.15, 0.2) is 72.8 Å². The highest BCUT2D eigenvalue weighted by Crippen LogP contribution is 2.28. The van der Waals surface area contributed by atoms with Crippen LogP contribution in [-0.4, -0.2) is 18.2 Å². The lowest BCUT2D eigenvalue weighted by Gasteiger charge is -2.13. The standard InChI is InChI=1S/C21H20N2O4/c1-26-18-10-7-16(8-11-18)22-21(25)23-17-9-12-20(15(13-17)14-24)27-19-5-3-2-4-6-19/h2-13,24H,14H2,1H3,(H2,22,23,25). The lowest BCUT2D eigenvalue weighted by atomic mass is 10.2. The number of ether oxygens (including phenoxy) is 2. The van der Waals surface area contributed by atoms with Crippen molar-refractivity contribution < 1.29 is 19.4 Å². The first-order valence-corrected chi connectivity index (χ1v) is 8.36. The molecule has 0 fully saturated rings. The molecule has 0 heterocycles. The van der Waals surface area contributed by atoms with Crippen LogP contribution in [0.4, 0.5) is 16.2 Å². The lowest BCUT2D eigenvalue weighted by molar-refractivity contribution is 0.262. The summed E-state index contributed by atoms with van der Waals surface area (Å²) in [7, 11) is 1.58. The predicted octanol–water partition coefficient (Wildman–Crippen LogP) is 4.62.